The molecule has 4 heterocycles. The van der Waals surface area contributed by atoms with Crippen molar-refractivity contribution >= 4 is 87.6 Å². The molecule has 7 heteroatoms. The van der Waals surface area contributed by atoms with Crippen molar-refractivity contribution < 1.29 is 0 Å². The summed E-state index contributed by atoms with van der Waals surface area (Å²) < 4.78 is 3.19. The number of hydrogen-bond donors (Lipinski definition) is 0. The summed E-state index contributed by atoms with van der Waals surface area (Å²) in [6.07, 6.45) is 0. The second kappa shape index (κ2) is 10.7. The van der Waals surface area contributed by atoms with Crippen molar-refractivity contribution in [2.45, 2.75) is 29.6 Å². The number of fused-ring (bicyclic) bond motifs is 1. The Labute approximate surface area is 251 Å². The molecule has 0 bridgehead atoms. The molecule has 2 nitrogen and oxygen atoms in total. The van der Waals surface area contributed by atoms with Crippen LogP contribution in [0.2, 0.25) is 29.6 Å². The van der Waals surface area contributed by atoms with Gasteiger partial charge in [-0.3, -0.25) is 0 Å². The Hall–Kier alpha value is -1.52. The summed E-state index contributed by atoms with van der Waals surface area (Å²) in [6.45, 7) is 0. The third-order valence-electron chi connectivity index (χ3n) is 6.76. The molecule has 2 aromatic carbocycles. The minimum absolute atomic E-state index is 0.949. The van der Waals surface area contributed by atoms with Crippen molar-refractivity contribution in [3.05, 3.63) is 84.9 Å². The Kier molecular flexibility index (Phi) is 7.59. The molecule has 0 amide bonds. The molecule has 0 saturated carbocycles. The first kappa shape index (κ1) is 27.6. The van der Waals surface area contributed by atoms with Crippen LogP contribution in [0.5, 0.6) is 0 Å². The summed E-state index contributed by atoms with van der Waals surface area (Å²) in [5, 5.41) is 0. The van der Waals surface area contributed by atoms with E-state index in [4.69, 9.17) is 9.97 Å². The van der Waals surface area contributed by atoms with Gasteiger partial charge in [0.2, 0.25) is 0 Å². The van der Waals surface area contributed by atoms with Crippen LogP contribution in [0, 0.1) is 0 Å². The standard InChI is InChI=1S/C26H14N2S3.6CH3.2Sn/c1-3-9-17(10-4-1)21-22(18-11-5-2-6-12-18)28-24-23(27-21)25(19-13-7-15-29-19)31-26(24)20-14-8-16-30-20;;;;;;;;/h1-14H;6*1H3;;. The second-order valence-corrected chi connectivity index (χ2v) is 46.0. The fourth-order valence-electron chi connectivity index (χ4n) is 4.61. The molecule has 0 aliphatic heterocycles. The van der Waals surface area contributed by atoms with E-state index in [9.17, 15) is 0 Å². The van der Waals surface area contributed by atoms with Gasteiger partial charge >= 0.3 is 254 Å². The minimum atomic E-state index is -2.19. The van der Waals surface area contributed by atoms with Crippen molar-refractivity contribution in [3.63, 3.8) is 0 Å². The normalized spacial score (nSPS) is 12.4. The van der Waals surface area contributed by atoms with Crippen molar-refractivity contribution in [2.75, 3.05) is 0 Å². The summed E-state index contributed by atoms with van der Waals surface area (Å²) in [4.78, 5) is 31.0. The summed E-state index contributed by atoms with van der Waals surface area (Å²) in [5.41, 5.74) is 6.15. The Morgan fingerprint density at radius 1 is 0.462 bits per heavy atom. The molecule has 0 aliphatic rings. The van der Waals surface area contributed by atoms with Crippen LogP contribution >= 0.6 is 34.0 Å². The van der Waals surface area contributed by atoms with Crippen LogP contribution in [-0.2, 0) is 0 Å². The van der Waals surface area contributed by atoms with Crippen molar-refractivity contribution in [1.29, 1.82) is 0 Å². The Bertz CT molecular complexity index is 1640. The van der Waals surface area contributed by atoms with E-state index >= 15 is 0 Å². The first-order chi connectivity index (χ1) is 18.6. The van der Waals surface area contributed by atoms with Gasteiger partial charge in [0.05, 0.1) is 0 Å². The maximum absolute atomic E-state index is 5.46. The summed E-state index contributed by atoms with van der Waals surface area (Å²) >= 11 is 1.46. The van der Waals surface area contributed by atoms with Crippen LogP contribution in [0.3, 0.4) is 0 Å². The number of hydrogen-bond acceptors (Lipinski definition) is 5. The molecule has 0 N–H and O–H groups in total. The fraction of sp³-hybridized carbons (Fsp3) is 0.188. The number of nitrogens with zero attached hydrogens (tertiary/aromatic N) is 2. The zero-order valence-corrected chi connectivity index (χ0v) is 31.4. The quantitative estimate of drug-likeness (QED) is 0.158. The summed E-state index contributed by atoms with van der Waals surface area (Å²) in [6, 6.07) is 30.5. The van der Waals surface area contributed by atoms with E-state index < -0.39 is 36.8 Å². The molecule has 0 unspecified atom stereocenters. The zero-order valence-electron chi connectivity index (χ0n) is 23.2. The fourth-order valence-corrected chi connectivity index (χ4v) is 18.6. The molecule has 196 valence electrons. The molecule has 0 aliphatic carbocycles. The zero-order chi connectivity index (χ0) is 27.4. The van der Waals surface area contributed by atoms with E-state index in [1.165, 1.54) is 19.5 Å². The van der Waals surface area contributed by atoms with Gasteiger partial charge < -0.3 is 0 Å². The van der Waals surface area contributed by atoms with Gasteiger partial charge in [0.25, 0.3) is 0 Å². The molecule has 0 fully saturated rings. The van der Waals surface area contributed by atoms with Crippen LogP contribution in [0.1, 0.15) is 0 Å². The van der Waals surface area contributed by atoms with Crippen LogP contribution in [0.15, 0.2) is 84.9 Å². The van der Waals surface area contributed by atoms with E-state index in [-0.39, 0.29) is 0 Å². The first-order valence-corrected chi connectivity index (χ1v) is 35.7. The van der Waals surface area contributed by atoms with E-state index in [1.54, 1.807) is 5.79 Å². The summed E-state index contributed by atoms with van der Waals surface area (Å²) in [5.74, 6) is 0. The number of aromatic nitrogens is 2. The third-order valence-corrected chi connectivity index (χ3v) is 29.4. The van der Waals surface area contributed by atoms with Crippen molar-refractivity contribution in [1.82, 2.24) is 9.97 Å². The molecular weight excluding hydrogens is 746 g/mol. The first-order valence-electron chi connectivity index (χ1n) is 13.3. The Morgan fingerprint density at radius 3 is 1.18 bits per heavy atom. The molecule has 4 aromatic heterocycles. The van der Waals surface area contributed by atoms with Gasteiger partial charge in [0.15, 0.2) is 0 Å². The van der Waals surface area contributed by atoms with Gasteiger partial charge in [0.1, 0.15) is 0 Å². The van der Waals surface area contributed by atoms with Crippen LogP contribution in [-0.4, -0.2) is 46.7 Å². The second-order valence-electron chi connectivity index (χ2n) is 11.9. The Morgan fingerprint density at radius 2 is 0.846 bits per heavy atom. The van der Waals surface area contributed by atoms with Gasteiger partial charge in [-0.2, -0.15) is 0 Å². The third kappa shape index (κ3) is 5.54. The van der Waals surface area contributed by atoms with E-state index in [0.717, 1.165) is 33.5 Å². The molecule has 0 atom stereocenters. The van der Waals surface area contributed by atoms with Gasteiger partial charge in [-0.1, -0.05) is 0 Å². The van der Waals surface area contributed by atoms with Gasteiger partial charge in [-0.05, 0) is 0 Å². The van der Waals surface area contributed by atoms with Gasteiger partial charge in [-0.25, -0.2) is 0 Å². The number of benzene rings is 2. The maximum atomic E-state index is 5.46. The number of rotatable bonds is 6. The van der Waals surface area contributed by atoms with Crippen molar-refractivity contribution in [3.8, 4) is 42.0 Å². The monoisotopic (exact) mass is 780 g/mol. The SMILES string of the molecule is [CH3][Sn]([CH3])([CH3])[c]1ccc(-c2sc(-c3cc[c]([Sn]([CH3])([CH3])[CH3])s3)c3nc(-c4ccccc4)c(-c4ccccc4)nc23)s1. The van der Waals surface area contributed by atoms with Crippen molar-refractivity contribution in [2.24, 2.45) is 0 Å². The average molecular weight is 778 g/mol. The molecule has 0 saturated heterocycles. The number of thiophene rings is 3. The molecule has 6 aromatic rings. The predicted octanol–water partition coefficient (Wildman–Crippen LogP) is 9.57. The van der Waals surface area contributed by atoms with Crippen LogP contribution < -0.4 is 5.79 Å². The molecule has 6 rings (SSSR count). The Balaban J connectivity index is 1.66. The van der Waals surface area contributed by atoms with Crippen LogP contribution in [0.25, 0.3) is 53.1 Å². The van der Waals surface area contributed by atoms with Gasteiger partial charge in [-0.15, -0.1) is 0 Å². The van der Waals surface area contributed by atoms with Gasteiger partial charge in [0, 0.05) is 0 Å². The van der Waals surface area contributed by atoms with E-state index in [2.05, 4.69) is 115 Å². The molecule has 39 heavy (non-hydrogen) atoms. The predicted molar refractivity (Wildman–Crippen MR) is 181 cm³/mol. The van der Waals surface area contributed by atoms with E-state index in [1.807, 2.05) is 34.0 Å². The molecule has 0 radical (unpaired) electrons. The molecular formula is C32H32N2S3Sn2. The van der Waals surface area contributed by atoms with E-state index in [0.29, 0.717) is 0 Å². The summed E-state index contributed by atoms with van der Waals surface area (Å²) in [7, 11) is 0. The van der Waals surface area contributed by atoms with Crippen LogP contribution in [0.4, 0.5) is 0 Å². The average Bonchev–Trinajstić information content (AvgIpc) is 3.66. The topological polar surface area (TPSA) is 25.8 Å². The molecule has 0 spiro atoms.